The summed E-state index contributed by atoms with van der Waals surface area (Å²) in [4.78, 5) is 27.0. The van der Waals surface area contributed by atoms with E-state index in [1.165, 1.54) is 11.1 Å². The molecule has 0 aliphatic carbocycles. The minimum absolute atomic E-state index is 0.291. The van der Waals surface area contributed by atoms with E-state index in [0.717, 1.165) is 18.7 Å². The van der Waals surface area contributed by atoms with Crippen LogP contribution < -0.4 is 15.2 Å². The fraction of sp³-hybridized carbons (Fsp3) is 0.182. The Morgan fingerprint density at radius 3 is 2.70 bits per heavy atom. The van der Waals surface area contributed by atoms with Crippen molar-refractivity contribution in [3.05, 3.63) is 81.0 Å². The Hall–Kier alpha value is -3.52. The van der Waals surface area contributed by atoms with Crippen LogP contribution in [0.4, 0.5) is 5.95 Å². The highest BCUT2D eigenvalue weighted by Crippen LogP contribution is 2.25. The van der Waals surface area contributed by atoms with Gasteiger partial charge in [0.15, 0.2) is 5.65 Å². The Morgan fingerprint density at radius 2 is 1.87 bits per heavy atom. The third-order valence-electron chi connectivity index (χ3n) is 5.39. The minimum atomic E-state index is -0.296. The van der Waals surface area contributed by atoms with Gasteiger partial charge in [0, 0.05) is 13.1 Å². The average molecular weight is 417 g/mol. The molecule has 0 saturated carbocycles. The molecular weight excluding hydrogens is 398 g/mol. The van der Waals surface area contributed by atoms with Crippen molar-refractivity contribution in [2.45, 2.75) is 13.0 Å². The third kappa shape index (κ3) is 3.05. The van der Waals surface area contributed by atoms with E-state index in [1.54, 1.807) is 18.0 Å². The number of anilines is 1. The minimum Gasteiger partial charge on any atom is -0.495 e. The topological polar surface area (TPSA) is 76.0 Å². The number of hydrogen-bond donors (Lipinski definition) is 1. The van der Waals surface area contributed by atoms with Crippen molar-refractivity contribution in [3.63, 3.8) is 0 Å². The van der Waals surface area contributed by atoms with Crippen LogP contribution >= 0.6 is 12.2 Å². The van der Waals surface area contributed by atoms with E-state index < -0.39 is 0 Å². The molecule has 1 N–H and O–H groups in total. The molecule has 150 valence electrons. The molecule has 0 radical (unpaired) electrons. The number of aromatic amines is 1. The van der Waals surface area contributed by atoms with Crippen molar-refractivity contribution in [2.24, 2.45) is 0 Å². The number of fused-ring (bicyclic) bond motifs is 2. The molecule has 0 atom stereocenters. The Morgan fingerprint density at radius 1 is 1.10 bits per heavy atom. The fourth-order valence-corrected chi connectivity index (χ4v) is 4.18. The molecule has 0 saturated heterocycles. The number of para-hydroxylation sites is 2. The smallest absolute Gasteiger partial charge is 0.264 e. The summed E-state index contributed by atoms with van der Waals surface area (Å²) in [5.41, 5.74) is 3.33. The molecule has 2 aromatic heterocycles. The van der Waals surface area contributed by atoms with Gasteiger partial charge in [0.2, 0.25) is 5.95 Å². The lowest BCUT2D eigenvalue weighted by Gasteiger charge is -2.29. The molecule has 2 aromatic carbocycles. The zero-order valence-corrected chi connectivity index (χ0v) is 17.1. The van der Waals surface area contributed by atoms with Gasteiger partial charge >= 0.3 is 0 Å². The molecule has 1 aliphatic heterocycles. The summed E-state index contributed by atoms with van der Waals surface area (Å²) in [5, 5.41) is 0.291. The quantitative estimate of drug-likeness (QED) is 0.515. The first-order valence-corrected chi connectivity index (χ1v) is 10.0. The second-order valence-corrected chi connectivity index (χ2v) is 7.51. The molecule has 0 spiro atoms. The number of ether oxygens (including phenoxy) is 1. The molecule has 0 bridgehead atoms. The number of benzene rings is 2. The predicted octanol–water partition coefficient (Wildman–Crippen LogP) is 3.41. The lowest BCUT2D eigenvalue weighted by molar-refractivity contribution is 0.412. The number of hydrogen-bond acceptors (Lipinski definition) is 6. The number of aromatic nitrogens is 4. The van der Waals surface area contributed by atoms with Gasteiger partial charge in [-0.05, 0) is 29.7 Å². The maximum Gasteiger partial charge on any atom is 0.264 e. The maximum absolute atomic E-state index is 13.0. The summed E-state index contributed by atoms with van der Waals surface area (Å²) < 4.78 is 7.43. The third-order valence-corrected chi connectivity index (χ3v) is 5.79. The summed E-state index contributed by atoms with van der Waals surface area (Å²) >= 11 is 5.62. The van der Waals surface area contributed by atoms with Gasteiger partial charge in [-0.1, -0.05) is 48.6 Å². The molecule has 1 aliphatic rings. The van der Waals surface area contributed by atoms with Gasteiger partial charge in [0.05, 0.1) is 12.8 Å². The lowest BCUT2D eigenvalue weighted by atomic mass is 10.0. The molecule has 7 nitrogen and oxygen atoms in total. The Balaban J connectivity index is 1.60. The lowest BCUT2D eigenvalue weighted by Crippen LogP contribution is -2.33. The number of nitrogens with zero attached hydrogens (tertiary/aromatic N) is 4. The highest BCUT2D eigenvalue weighted by molar-refractivity contribution is 7.71. The predicted molar refractivity (Wildman–Crippen MR) is 118 cm³/mol. The van der Waals surface area contributed by atoms with E-state index in [-0.39, 0.29) is 5.56 Å². The van der Waals surface area contributed by atoms with E-state index in [2.05, 4.69) is 38.1 Å². The van der Waals surface area contributed by atoms with Gasteiger partial charge in [0.1, 0.15) is 22.1 Å². The van der Waals surface area contributed by atoms with Crippen molar-refractivity contribution in [2.75, 3.05) is 18.6 Å². The van der Waals surface area contributed by atoms with Crippen molar-refractivity contribution >= 4 is 29.2 Å². The van der Waals surface area contributed by atoms with Crippen molar-refractivity contribution in [3.8, 4) is 11.4 Å². The Labute approximate surface area is 177 Å². The van der Waals surface area contributed by atoms with Crippen LogP contribution in [0.3, 0.4) is 0 Å². The van der Waals surface area contributed by atoms with Gasteiger partial charge in [-0.15, -0.1) is 0 Å². The highest BCUT2D eigenvalue weighted by Gasteiger charge is 2.20. The van der Waals surface area contributed by atoms with E-state index in [0.29, 0.717) is 33.9 Å². The van der Waals surface area contributed by atoms with Crippen molar-refractivity contribution in [1.82, 2.24) is 19.5 Å². The SMILES string of the molecule is COc1ccccc1-n1cnc2nc(N3CCc4ccccc4C3)[nH]c(=O)c2c1=S. The van der Waals surface area contributed by atoms with Crippen LogP contribution in [0.15, 0.2) is 59.7 Å². The average Bonchev–Trinajstić information content (AvgIpc) is 2.78. The van der Waals surface area contributed by atoms with Gasteiger partial charge in [-0.25, -0.2) is 4.98 Å². The van der Waals surface area contributed by atoms with E-state index in [1.807, 2.05) is 30.3 Å². The molecule has 30 heavy (non-hydrogen) atoms. The van der Waals surface area contributed by atoms with Crippen LogP contribution in [-0.4, -0.2) is 33.2 Å². The van der Waals surface area contributed by atoms with Crippen molar-refractivity contribution in [1.29, 1.82) is 0 Å². The van der Waals surface area contributed by atoms with E-state index in [9.17, 15) is 4.79 Å². The summed E-state index contributed by atoms with van der Waals surface area (Å²) in [6.45, 7) is 1.47. The number of nitrogens with one attached hydrogen (secondary N) is 1. The van der Waals surface area contributed by atoms with Crippen LogP contribution in [0.25, 0.3) is 16.7 Å². The first-order valence-electron chi connectivity index (χ1n) is 9.62. The molecular formula is C22H19N5O2S. The normalized spacial score (nSPS) is 13.3. The Kier molecular flexibility index (Phi) is 4.55. The molecule has 0 fully saturated rings. The van der Waals surface area contributed by atoms with Crippen LogP contribution in [0, 0.1) is 4.64 Å². The van der Waals surface area contributed by atoms with Gasteiger partial charge in [-0.3, -0.25) is 14.3 Å². The zero-order valence-electron chi connectivity index (χ0n) is 16.3. The standard InChI is InChI=1S/C22H19N5O2S/c1-29-17-9-5-4-8-16(17)27-13-23-19-18(21(27)30)20(28)25-22(24-19)26-11-10-14-6-2-3-7-15(14)12-26/h2-9,13H,10-12H2,1H3,(H,24,25,28). The van der Waals surface area contributed by atoms with Crippen LogP contribution in [0.2, 0.25) is 0 Å². The molecule has 3 heterocycles. The van der Waals surface area contributed by atoms with E-state index >= 15 is 0 Å². The molecule has 8 heteroatoms. The monoisotopic (exact) mass is 417 g/mol. The number of methoxy groups -OCH3 is 1. The number of rotatable bonds is 3. The summed E-state index contributed by atoms with van der Waals surface area (Å²) in [6.07, 6.45) is 2.49. The van der Waals surface area contributed by atoms with Gasteiger partial charge < -0.3 is 9.64 Å². The van der Waals surface area contributed by atoms with E-state index in [4.69, 9.17) is 17.0 Å². The zero-order chi connectivity index (χ0) is 20.7. The first-order chi connectivity index (χ1) is 14.7. The van der Waals surface area contributed by atoms with Crippen LogP contribution in [-0.2, 0) is 13.0 Å². The van der Waals surface area contributed by atoms with Crippen LogP contribution in [0.1, 0.15) is 11.1 Å². The Bertz CT molecular complexity index is 1380. The molecule has 0 unspecified atom stereocenters. The summed E-state index contributed by atoms with van der Waals surface area (Å²) in [7, 11) is 1.59. The summed E-state index contributed by atoms with van der Waals surface area (Å²) in [6, 6.07) is 15.8. The largest absolute Gasteiger partial charge is 0.495 e. The first kappa shape index (κ1) is 18.5. The molecule has 0 amide bonds. The van der Waals surface area contributed by atoms with Gasteiger partial charge in [-0.2, -0.15) is 4.98 Å². The maximum atomic E-state index is 13.0. The van der Waals surface area contributed by atoms with Gasteiger partial charge in [0.25, 0.3) is 5.56 Å². The summed E-state index contributed by atoms with van der Waals surface area (Å²) in [5.74, 6) is 1.15. The number of H-pyrrole nitrogens is 1. The molecule has 5 rings (SSSR count). The fourth-order valence-electron chi connectivity index (χ4n) is 3.85. The second kappa shape index (κ2) is 7.38. The molecule has 4 aromatic rings. The second-order valence-electron chi connectivity index (χ2n) is 7.12. The highest BCUT2D eigenvalue weighted by atomic mass is 32.1. The van der Waals surface area contributed by atoms with Crippen molar-refractivity contribution < 1.29 is 4.74 Å². The van der Waals surface area contributed by atoms with Crippen LogP contribution in [0.5, 0.6) is 5.75 Å².